The van der Waals surface area contributed by atoms with Crippen molar-refractivity contribution in [2.75, 3.05) is 5.75 Å². The predicted molar refractivity (Wildman–Crippen MR) is 87.3 cm³/mol. The Morgan fingerprint density at radius 3 is 2.29 bits per heavy atom. The van der Waals surface area contributed by atoms with E-state index in [0.29, 0.717) is 5.92 Å². The minimum absolute atomic E-state index is 0.0918. The summed E-state index contributed by atoms with van der Waals surface area (Å²) >= 11 is 0. The van der Waals surface area contributed by atoms with E-state index in [1.807, 2.05) is 6.92 Å². The van der Waals surface area contributed by atoms with E-state index in [2.05, 4.69) is 12.2 Å². The van der Waals surface area contributed by atoms with E-state index in [1.54, 1.807) is 0 Å². The maximum atomic E-state index is 12.5. The lowest BCUT2D eigenvalue weighted by Crippen LogP contribution is -2.54. The van der Waals surface area contributed by atoms with E-state index >= 15 is 0 Å². The van der Waals surface area contributed by atoms with Crippen molar-refractivity contribution >= 4 is 15.7 Å². The molecular weight excluding hydrogens is 343 g/mol. The van der Waals surface area contributed by atoms with Gasteiger partial charge in [-0.25, -0.2) is 8.42 Å². The number of halogens is 3. The molecule has 24 heavy (non-hydrogen) atoms. The molecule has 0 aromatic rings. The van der Waals surface area contributed by atoms with E-state index in [4.69, 9.17) is 0 Å². The highest BCUT2D eigenvalue weighted by Crippen LogP contribution is 2.30. The Kier molecular flexibility index (Phi) is 6.75. The summed E-state index contributed by atoms with van der Waals surface area (Å²) in [4.78, 5) is 12.5. The highest BCUT2D eigenvalue weighted by Gasteiger charge is 2.43. The van der Waals surface area contributed by atoms with Gasteiger partial charge >= 0.3 is 6.18 Å². The van der Waals surface area contributed by atoms with Crippen LogP contribution in [0.25, 0.3) is 0 Å². The van der Waals surface area contributed by atoms with Crippen molar-refractivity contribution in [3.8, 4) is 0 Å². The van der Waals surface area contributed by atoms with Crippen molar-refractivity contribution in [1.29, 1.82) is 0 Å². The van der Waals surface area contributed by atoms with E-state index in [9.17, 15) is 26.4 Å². The number of carbonyl (C=O) groups is 1. The molecule has 3 unspecified atom stereocenters. The van der Waals surface area contributed by atoms with Crippen molar-refractivity contribution in [1.82, 2.24) is 5.32 Å². The third kappa shape index (κ3) is 5.36. The fourth-order valence-corrected chi connectivity index (χ4v) is 4.36. The molecule has 3 atom stereocenters. The van der Waals surface area contributed by atoms with Gasteiger partial charge in [0.1, 0.15) is 4.75 Å². The molecule has 1 saturated carbocycles. The number of sulfone groups is 1. The molecule has 0 aliphatic heterocycles. The summed E-state index contributed by atoms with van der Waals surface area (Å²) in [6.45, 7) is 6.66. The van der Waals surface area contributed by atoms with Crippen LogP contribution in [-0.4, -0.2) is 37.0 Å². The Bertz CT molecular complexity index is 543. The van der Waals surface area contributed by atoms with Crippen LogP contribution in [0, 0.1) is 11.8 Å². The number of alkyl halides is 3. The van der Waals surface area contributed by atoms with Gasteiger partial charge in [-0.1, -0.05) is 26.7 Å². The molecule has 0 saturated heterocycles. The van der Waals surface area contributed by atoms with E-state index in [0.717, 1.165) is 19.3 Å². The standard InChI is InChI=1S/C16H28F3NO3S/c1-11-7-5-8-13(12(11)2)20-14(21)15(3,4)24(22,23)10-6-9-16(17,18)19/h11-13H,5-10H2,1-4H3,(H,20,21). The quantitative estimate of drug-likeness (QED) is 0.778. The molecule has 0 heterocycles. The number of amides is 1. The molecule has 1 N–H and O–H groups in total. The van der Waals surface area contributed by atoms with Gasteiger partial charge in [0.25, 0.3) is 0 Å². The van der Waals surface area contributed by atoms with Gasteiger partial charge in [0.15, 0.2) is 9.84 Å². The van der Waals surface area contributed by atoms with Gasteiger partial charge in [0.2, 0.25) is 5.91 Å². The fraction of sp³-hybridized carbons (Fsp3) is 0.938. The molecule has 142 valence electrons. The number of hydrogen-bond donors (Lipinski definition) is 1. The molecule has 1 rings (SSSR count). The SMILES string of the molecule is CC1CCCC(NC(=O)C(C)(C)S(=O)(=O)CCCC(F)(F)F)C1C. The first-order valence-electron chi connectivity index (χ1n) is 8.38. The zero-order valence-electron chi connectivity index (χ0n) is 14.7. The molecule has 0 spiro atoms. The first-order valence-corrected chi connectivity index (χ1v) is 10.0. The third-order valence-corrected chi connectivity index (χ3v) is 7.79. The fourth-order valence-electron chi connectivity index (χ4n) is 2.99. The van der Waals surface area contributed by atoms with Crippen LogP contribution in [0.2, 0.25) is 0 Å². The first kappa shape index (κ1) is 21.3. The average molecular weight is 371 g/mol. The summed E-state index contributed by atoms with van der Waals surface area (Å²) in [6, 6.07) is -0.0918. The molecule has 1 fully saturated rings. The maximum absolute atomic E-state index is 12.5. The van der Waals surface area contributed by atoms with Crippen LogP contribution in [0.3, 0.4) is 0 Å². The van der Waals surface area contributed by atoms with Gasteiger partial charge in [0, 0.05) is 12.5 Å². The number of hydrogen-bond acceptors (Lipinski definition) is 3. The van der Waals surface area contributed by atoms with Gasteiger partial charge < -0.3 is 5.32 Å². The summed E-state index contributed by atoms with van der Waals surface area (Å²) in [5.41, 5.74) is 0. The van der Waals surface area contributed by atoms with Crippen LogP contribution in [0.4, 0.5) is 13.2 Å². The maximum Gasteiger partial charge on any atom is 0.389 e. The second-order valence-corrected chi connectivity index (χ2v) is 10.1. The molecule has 0 aromatic carbocycles. The third-order valence-electron chi connectivity index (χ3n) is 5.22. The average Bonchev–Trinajstić information content (AvgIpc) is 2.41. The van der Waals surface area contributed by atoms with Crippen molar-refractivity contribution in [3.05, 3.63) is 0 Å². The van der Waals surface area contributed by atoms with Crippen LogP contribution >= 0.6 is 0 Å². The number of rotatable bonds is 6. The van der Waals surface area contributed by atoms with Gasteiger partial charge in [0.05, 0.1) is 5.75 Å². The van der Waals surface area contributed by atoms with E-state index < -0.39 is 45.3 Å². The molecular formula is C16H28F3NO3S. The van der Waals surface area contributed by atoms with Crippen molar-refractivity contribution in [3.63, 3.8) is 0 Å². The van der Waals surface area contributed by atoms with Crippen LogP contribution in [-0.2, 0) is 14.6 Å². The summed E-state index contributed by atoms with van der Waals surface area (Å²) in [6.07, 6.45) is -3.25. The lowest BCUT2D eigenvalue weighted by molar-refractivity contribution is -0.134. The Labute approximate surface area is 142 Å². The largest absolute Gasteiger partial charge is 0.389 e. The van der Waals surface area contributed by atoms with Crippen LogP contribution in [0.1, 0.15) is 59.8 Å². The Morgan fingerprint density at radius 2 is 1.75 bits per heavy atom. The Morgan fingerprint density at radius 1 is 1.17 bits per heavy atom. The van der Waals surface area contributed by atoms with Gasteiger partial charge in [-0.2, -0.15) is 13.2 Å². The van der Waals surface area contributed by atoms with Crippen molar-refractivity contribution in [2.45, 2.75) is 76.8 Å². The van der Waals surface area contributed by atoms with Crippen LogP contribution in [0.5, 0.6) is 0 Å². The molecule has 1 aliphatic carbocycles. The zero-order valence-corrected chi connectivity index (χ0v) is 15.6. The number of nitrogens with one attached hydrogen (secondary N) is 1. The molecule has 0 bridgehead atoms. The minimum Gasteiger partial charge on any atom is -0.352 e. The van der Waals surface area contributed by atoms with Gasteiger partial charge in [-0.15, -0.1) is 0 Å². The molecule has 0 aromatic heterocycles. The van der Waals surface area contributed by atoms with E-state index in [1.165, 1.54) is 13.8 Å². The molecule has 1 amide bonds. The van der Waals surface area contributed by atoms with Crippen molar-refractivity contribution in [2.24, 2.45) is 11.8 Å². The second-order valence-electron chi connectivity index (χ2n) is 7.40. The second kappa shape index (κ2) is 7.62. The Balaban J connectivity index is 2.72. The summed E-state index contributed by atoms with van der Waals surface area (Å²) in [7, 11) is -3.98. The highest BCUT2D eigenvalue weighted by atomic mass is 32.2. The summed E-state index contributed by atoms with van der Waals surface area (Å²) < 4.78 is 59.5. The van der Waals surface area contributed by atoms with Gasteiger partial charge in [-0.3, -0.25) is 4.79 Å². The topological polar surface area (TPSA) is 63.2 Å². The number of carbonyl (C=O) groups excluding carboxylic acids is 1. The highest BCUT2D eigenvalue weighted by molar-refractivity contribution is 7.93. The molecule has 8 heteroatoms. The minimum atomic E-state index is -4.39. The van der Waals surface area contributed by atoms with Gasteiger partial charge in [-0.05, 0) is 38.5 Å². The Hall–Kier alpha value is -0.790. The molecule has 0 radical (unpaired) electrons. The lowest BCUT2D eigenvalue weighted by atomic mass is 9.78. The summed E-state index contributed by atoms with van der Waals surface area (Å²) in [5, 5.41) is 2.81. The van der Waals surface area contributed by atoms with E-state index in [-0.39, 0.29) is 12.0 Å². The first-order chi connectivity index (χ1) is 10.8. The predicted octanol–water partition coefficient (Wildman–Crippen LogP) is 3.46. The zero-order chi connectivity index (χ0) is 18.8. The van der Waals surface area contributed by atoms with Crippen LogP contribution in [0.15, 0.2) is 0 Å². The normalized spacial score (nSPS) is 26.2. The smallest absolute Gasteiger partial charge is 0.352 e. The summed E-state index contributed by atoms with van der Waals surface area (Å²) in [5.74, 6) is -0.591. The van der Waals surface area contributed by atoms with Crippen molar-refractivity contribution < 1.29 is 26.4 Å². The molecule has 4 nitrogen and oxygen atoms in total. The molecule has 1 aliphatic rings. The van der Waals surface area contributed by atoms with Crippen LogP contribution < -0.4 is 5.32 Å². The monoisotopic (exact) mass is 371 g/mol. The lowest BCUT2D eigenvalue weighted by Gasteiger charge is -2.36.